The number of amides is 7. The first-order valence-corrected chi connectivity index (χ1v) is 18.6. The van der Waals surface area contributed by atoms with Gasteiger partial charge in [0, 0.05) is 69.0 Å². The second kappa shape index (κ2) is 42.7. The van der Waals surface area contributed by atoms with E-state index in [1.54, 1.807) is 57.0 Å². The Morgan fingerprint density at radius 3 is 0.881 bits per heavy atom. The topological polar surface area (TPSA) is 223 Å². The first-order chi connectivity index (χ1) is 27.4. The van der Waals surface area contributed by atoms with E-state index in [0.717, 1.165) is 13.7 Å². The third kappa shape index (κ3) is 44.1. The molecule has 21 nitrogen and oxygen atoms in total. The molecule has 0 aromatic rings. The highest BCUT2D eigenvalue weighted by atomic mass is 16.2. The third-order valence-corrected chi connectivity index (χ3v) is 7.44. The molecule has 0 atom stereocenters. The van der Waals surface area contributed by atoms with Crippen LogP contribution in [-0.2, 0) is 47.9 Å². The number of carbonyl (C=O) groups excluding carboxylic acids is 10. The number of hydrogen-bond acceptors (Lipinski definition) is 14. The molecule has 0 heterocycles. The Kier molecular flexibility index (Phi) is 47.8. The molecular formula is C38H78N10O11. The van der Waals surface area contributed by atoms with Crippen molar-refractivity contribution in [1.29, 1.82) is 0 Å². The van der Waals surface area contributed by atoms with Crippen molar-refractivity contribution in [2.24, 2.45) is 0 Å². The molecule has 0 aliphatic heterocycles. The highest BCUT2D eigenvalue weighted by Gasteiger charge is 2.19. The number of nitrogens with zero attached hydrogens (tertiary/aromatic N) is 10. The maximum absolute atomic E-state index is 11.9. The normalized spacial score (nSPS) is 9.46. The average Bonchev–Trinajstić information content (AvgIpc) is 3.18. The Morgan fingerprint density at radius 2 is 0.695 bits per heavy atom. The molecule has 21 heteroatoms. The first-order valence-electron chi connectivity index (χ1n) is 18.6. The van der Waals surface area contributed by atoms with E-state index in [9.17, 15) is 47.9 Å². The molecule has 0 unspecified atom stereocenters. The van der Waals surface area contributed by atoms with Gasteiger partial charge in [-0.05, 0) is 62.6 Å². The fourth-order valence-electron chi connectivity index (χ4n) is 3.09. The average molecular weight is 851 g/mol. The maximum Gasteiger partial charge on any atom is 0.242 e. The van der Waals surface area contributed by atoms with E-state index < -0.39 is 0 Å². The van der Waals surface area contributed by atoms with Gasteiger partial charge >= 0.3 is 0 Å². The van der Waals surface area contributed by atoms with Crippen LogP contribution in [0.5, 0.6) is 0 Å². The van der Waals surface area contributed by atoms with Gasteiger partial charge in [0.1, 0.15) is 18.9 Å². The lowest BCUT2D eigenvalue weighted by Crippen LogP contribution is -2.45. The van der Waals surface area contributed by atoms with Gasteiger partial charge in [-0.1, -0.05) is 6.92 Å². The van der Waals surface area contributed by atoms with Crippen LogP contribution in [0.25, 0.3) is 0 Å². The van der Waals surface area contributed by atoms with Crippen LogP contribution in [0, 0.1) is 0 Å². The van der Waals surface area contributed by atoms with Gasteiger partial charge < -0.3 is 68.5 Å². The minimum Gasteiger partial charge on any atom is -0.400 e. The predicted molar refractivity (Wildman–Crippen MR) is 228 cm³/mol. The summed E-state index contributed by atoms with van der Waals surface area (Å²) in [4.78, 5) is 122. The Labute approximate surface area is 353 Å². The van der Waals surface area contributed by atoms with Gasteiger partial charge in [-0.3, -0.25) is 33.6 Å². The summed E-state index contributed by atoms with van der Waals surface area (Å²) in [5, 5.41) is 7.00. The molecule has 0 saturated heterocycles. The Bertz CT molecular complexity index is 1160. The zero-order valence-corrected chi connectivity index (χ0v) is 39.0. The molecule has 0 fully saturated rings. The fourth-order valence-corrected chi connectivity index (χ4v) is 3.09. The molecule has 0 rings (SSSR count). The van der Waals surface area contributed by atoms with Crippen LogP contribution in [0.1, 0.15) is 27.7 Å². The van der Waals surface area contributed by atoms with Crippen molar-refractivity contribution < 1.29 is 53.1 Å². The van der Waals surface area contributed by atoms with Crippen molar-refractivity contribution >= 4 is 61.2 Å². The molecule has 0 aliphatic carbocycles. The van der Waals surface area contributed by atoms with Crippen molar-refractivity contribution in [3.63, 3.8) is 0 Å². The molecular weight excluding hydrogens is 772 g/mol. The second-order valence-corrected chi connectivity index (χ2v) is 13.7. The largest absolute Gasteiger partial charge is 0.400 e. The number of carbonyl (C=O) groups is 10. The van der Waals surface area contributed by atoms with Crippen LogP contribution in [0.3, 0.4) is 0 Å². The second-order valence-electron chi connectivity index (χ2n) is 13.7. The number of hydrogen-bond donors (Lipinski definition) is 1. The molecule has 7 amide bonds. The summed E-state index contributed by atoms with van der Waals surface area (Å²) in [5.74, 6) is -0.922. The van der Waals surface area contributed by atoms with Crippen LogP contribution >= 0.6 is 0 Å². The van der Waals surface area contributed by atoms with Gasteiger partial charge in [-0.2, -0.15) is 0 Å². The van der Waals surface area contributed by atoms with Crippen LogP contribution in [-0.4, -0.2) is 278 Å². The highest BCUT2D eigenvalue weighted by molar-refractivity contribution is 5.89. The summed E-state index contributed by atoms with van der Waals surface area (Å²) in [6.07, 6.45) is 3.18. The molecule has 0 radical (unpaired) electrons. The van der Waals surface area contributed by atoms with Crippen molar-refractivity contribution in [1.82, 2.24) is 49.0 Å². The van der Waals surface area contributed by atoms with Crippen molar-refractivity contribution in [2.45, 2.75) is 33.7 Å². The van der Waals surface area contributed by atoms with E-state index in [1.807, 2.05) is 21.0 Å². The van der Waals surface area contributed by atoms with Crippen molar-refractivity contribution in [3.8, 4) is 0 Å². The quantitative estimate of drug-likeness (QED) is 0.115. The monoisotopic (exact) mass is 851 g/mol. The lowest BCUT2D eigenvalue weighted by Gasteiger charge is -2.24. The van der Waals surface area contributed by atoms with Crippen LogP contribution in [0.4, 0.5) is 0 Å². The molecule has 59 heavy (non-hydrogen) atoms. The van der Waals surface area contributed by atoms with Gasteiger partial charge in [-0.15, -0.1) is 0 Å². The smallest absolute Gasteiger partial charge is 0.242 e. The molecule has 0 saturated carbocycles. The Balaban J connectivity index is -0.000000160. The number of aliphatic hydroxyl groups excluding tert-OH is 1. The molecule has 0 aromatic carbocycles. The summed E-state index contributed by atoms with van der Waals surface area (Å²) in [5.41, 5.74) is 0. The highest BCUT2D eigenvalue weighted by Crippen LogP contribution is 1.95. The van der Waals surface area contributed by atoms with E-state index in [4.69, 9.17) is 5.11 Å². The zero-order valence-electron chi connectivity index (χ0n) is 39.0. The van der Waals surface area contributed by atoms with Gasteiger partial charge in [0.15, 0.2) is 0 Å². The number of aliphatic hydroxyl groups is 1. The molecule has 0 bridgehead atoms. The Hall–Kier alpha value is -4.86. The van der Waals surface area contributed by atoms with E-state index in [1.165, 1.54) is 50.5 Å². The molecule has 346 valence electrons. The summed E-state index contributed by atoms with van der Waals surface area (Å²) >= 11 is 0. The molecule has 0 aromatic heterocycles. The van der Waals surface area contributed by atoms with E-state index in [0.29, 0.717) is 50.8 Å². The predicted octanol–water partition coefficient (Wildman–Crippen LogP) is -2.89. The van der Waals surface area contributed by atoms with Crippen LogP contribution in [0.2, 0.25) is 0 Å². The maximum atomic E-state index is 11.9. The molecule has 0 spiro atoms. The summed E-state index contributed by atoms with van der Waals surface area (Å²) in [6, 6.07) is 0.699. The van der Waals surface area contributed by atoms with Gasteiger partial charge in [0.2, 0.25) is 42.4 Å². The SMILES string of the molecule is CCN(C)C(=O)CN(C)C(=O)CN(C)C.CCN(C)C(C)C.CN(C)CC(=O)N(C)CC(=O)N(C)CC(=O)N(C)CC=O.CN(C=O)CC=O.CN(C=O)CC=O.CO. The van der Waals surface area contributed by atoms with Gasteiger partial charge in [0.25, 0.3) is 0 Å². The van der Waals surface area contributed by atoms with Gasteiger partial charge in [-0.25, -0.2) is 0 Å². The number of rotatable bonds is 21. The van der Waals surface area contributed by atoms with Gasteiger partial charge in [0.05, 0.1) is 52.4 Å². The standard InChI is InChI=1S/C13H24N4O4.C10H21N3O2.C6H15N.2C4H7NO2.CH4O/c1-14(2)8-11(19)16(4)10-13(21)17(5)9-12(20)15(3)6-7-18;1-6-12(4)10(15)8-13(5)9(14)7-11(2)3;1-5-7(4)6(2)3;2*1-5(4-7)2-3-6;1-2/h7H,6,8-10H2,1-5H3;6-8H2,1-5H3;6H,5H2,1-4H3;2*3-4H,2H2,1H3;2H,1H3. The van der Waals surface area contributed by atoms with E-state index in [2.05, 4.69) is 32.7 Å². The zero-order chi connectivity index (χ0) is 47.8. The molecule has 0 aliphatic rings. The van der Waals surface area contributed by atoms with Crippen LogP contribution < -0.4 is 0 Å². The van der Waals surface area contributed by atoms with Crippen molar-refractivity contribution in [2.75, 3.05) is 157 Å². The minimum absolute atomic E-state index is 0.0118. The van der Waals surface area contributed by atoms with Crippen LogP contribution in [0.15, 0.2) is 0 Å². The van der Waals surface area contributed by atoms with E-state index >= 15 is 0 Å². The van der Waals surface area contributed by atoms with Crippen molar-refractivity contribution in [3.05, 3.63) is 0 Å². The third-order valence-electron chi connectivity index (χ3n) is 7.44. The summed E-state index contributed by atoms with van der Waals surface area (Å²) < 4.78 is 0. The fraction of sp³-hybridized carbons (Fsp3) is 0.737. The first kappa shape index (κ1) is 66.0. The summed E-state index contributed by atoms with van der Waals surface area (Å²) in [6.45, 7) is 11.1. The molecule has 1 N–H and O–H groups in total. The number of aldehydes is 3. The number of likely N-dealkylation sites (N-methyl/N-ethyl adjacent to an activating group) is 9. The van der Waals surface area contributed by atoms with E-state index in [-0.39, 0.29) is 75.3 Å². The lowest BCUT2D eigenvalue weighted by molar-refractivity contribution is -0.142. The minimum atomic E-state index is -0.336. The lowest BCUT2D eigenvalue weighted by atomic mass is 10.3. The Morgan fingerprint density at radius 1 is 0.424 bits per heavy atom. The summed E-state index contributed by atoms with van der Waals surface area (Å²) in [7, 11) is 21.3.